The number of likely N-dealkylation sites (tertiary alicyclic amines) is 1. The Kier molecular flexibility index (Phi) is 12.2. The Morgan fingerprint density at radius 1 is 1.00 bits per heavy atom. The summed E-state index contributed by atoms with van der Waals surface area (Å²) in [5, 5.41) is 16.6. The average Bonchev–Trinajstić information content (AvgIpc) is 3.73. The van der Waals surface area contributed by atoms with Crippen LogP contribution in [0.5, 0.6) is 5.88 Å². The lowest BCUT2D eigenvalue weighted by Crippen LogP contribution is -2.56. The van der Waals surface area contributed by atoms with E-state index in [1.54, 1.807) is 58.0 Å². The molecule has 2 aliphatic heterocycles. The number of rotatable bonds is 12. The van der Waals surface area contributed by atoms with E-state index in [0.717, 1.165) is 0 Å². The number of nitrogens with one attached hydrogen (secondary N) is 1. The molecule has 1 aromatic carbocycles. The van der Waals surface area contributed by atoms with E-state index in [4.69, 9.17) is 14.2 Å². The molecule has 4 amide bonds. The maximum Gasteiger partial charge on any atom is 0.409 e. The van der Waals surface area contributed by atoms with E-state index in [9.17, 15) is 33.9 Å². The van der Waals surface area contributed by atoms with Gasteiger partial charge in [-0.2, -0.15) is 5.10 Å². The smallest absolute Gasteiger partial charge is 0.409 e. The fourth-order valence-electron chi connectivity index (χ4n) is 5.56. The molecule has 0 saturated carbocycles. The van der Waals surface area contributed by atoms with Gasteiger partial charge in [-0.25, -0.2) is 14.3 Å². The van der Waals surface area contributed by atoms with Crippen molar-refractivity contribution in [2.24, 2.45) is 0 Å². The molecule has 0 radical (unpaired) electrons. The standard InChI is InChI=1S/C33H44N6O10/c1-5-47-32(46)37-18-16-36(17-19-37)30(43)23(13-14-28(41)49-33(2,3)4)34-29(42)24-20-27(39(35-24)22-10-7-6-8-11-22)48-21-26(40)38-15-9-12-25(38)31(44)45/h6-8,10-11,20,23,25H,5,9,12-19,21H2,1-4H3,(H,34,42)(H,44,45). The van der Waals surface area contributed by atoms with Crippen LogP contribution in [0.1, 0.15) is 63.9 Å². The highest BCUT2D eigenvalue weighted by atomic mass is 16.6. The average molecular weight is 685 g/mol. The predicted molar refractivity (Wildman–Crippen MR) is 173 cm³/mol. The number of carboxylic acid groups (broad SMARTS) is 1. The zero-order chi connectivity index (χ0) is 35.7. The molecule has 2 fully saturated rings. The normalized spacial score (nSPS) is 16.9. The summed E-state index contributed by atoms with van der Waals surface area (Å²) < 4.78 is 17.6. The maximum atomic E-state index is 13.7. The van der Waals surface area contributed by atoms with Gasteiger partial charge in [0.25, 0.3) is 11.8 Å². The molecule has 2 saturated heterocycles. The number of carbonyl (C=O) groups excluding carboxylic acids is 5. The zero-order valence-electron chi connectivity index (χ0n) is 28.3. The van der Waals surface area contributed by atoms with Gasteiger partial charge in [-0.15, -0.1) is 0 Å². The van der Waals surface area contributed by atoms with Gasteiger partial charge in [0.2, 0.25) is 11.8 Å². The highest BCUT2D eigenvalue weighted by Crippen LogP contribution is 2.22. The van der Waals surface area contributed by atoms with Crippen LogP contribution in [0.3, 0.4) is 0 Å². The Morgan fingerprint density at radius 2 is 1.67 bits per heavy atom. The van der Waals surface area contributed by atoms with E-state index in [0.29, 0.717) is 25.1 Å². The Bertz CT molecular complexity index is 1510. The third-order valence-corrected chi connectivity index (χ3v) is 7.89. The number of carbonyl (C=O) groups is 6. The number of ether oxygens (including phenoxy) is 3. The summed E-state index contributed by atoms with van der Waals surface area (Å²) in [6.45, 7) is 7.79. The molecule has 16 heteroatoms. The summed E-state index contributed by atoms with van der Waals surface area (Å²) in [5.74, 6) is -3.28. The fraction of sp³-hybridized carbons (Fsp3) is 0.545. The predicted octanol–water partition coefficient (Wildman–Crippen LogP) is 1.85. The summed E-state index contributed by atoms with van der Waals surface area (Å²) in [4.78, 5) is 80.9. The first-order chi connectivity index (χ1) is 23.3. The minimum absolute atomic E-state index is 0.0440. The molecule has 0 aliphatic carbocycles. The van der Waals surface area contributed by atoms with E-state index >= 15 is 0 Å². The number of aliphatic carboxylic acids is 1. The quantitative estimate of drug-likeness (QED) is 0.310. The highest BCUT2D eigenvalue weighted by Gasteiger charge is 2.35. The van der Waals surface area contributed by atoms with Crippen molar-refractivity contribution in [1.82, 2.24) is 29.8 Å². The van der Waals surface area contributed by atoms with Gasteiger partial charge >= 0.3 is 18.0 Å². The lowest BCUT2D eigenvalue weighted by Gasteiger charge is -2.36. The lowest BCUT2D eigenvalue weighted by molar-refractivity contribution is -0.155. The van der Waals surface area contributed by atoms with Crippen molar-refractivity contribution in [2.45, 2.75) is 71.1 Å². The van der Waals surface area contributed by atoms with Crippen LogP contribution in [0.2, 0.25) is 0 Å². The van der Waals surface area contributed by atoms with Crippen molar-refractivity contribution in [1.29, 1.82) is 0 Å². The van der Waals surface area contributed by atoms with Crippen LogP contribution in [0.4, 0.5) is 4.79 Å². The van der Waals surface area contributed by atoms with Crippen molar-refractivity contribution >= 4 is 35.8 Å². The van der Waals surface area contributed by atoms with Crippen molar-refractivity contribution in [3.05, 3.63) is 42.1 Å². The molecule has 2 aromatic rings. The summed E-state index contributed by atoms with van der Waals surface area (Å²) in [7, 11) is 0. The summed E-state index contributed by atoms with van der Waals surface area (Å²) in [6, 6.07) is 7.98. The Balaban J connectivity index is 1.52. The highest BCUT2D eigenvalue weighted by molar-refractivity contribution is 5.96. The number of para-hydroxylation sites is 1. The first-order valence-electron chi connectivity index (χ1n) is 16.3. The molecule has 0 spiro atoms. The van der Waals surface area contributed by atoms with Crippen LogP contribution in [-0.2, 0) is 28.7 Å². The van der Waals surface area contributed by atoms with Crippen molar-refractivity contribution < 1.29 is 48.1 Å². The monoisotopic (exact) mass is 684 g/mol. The van der Waals surface area contributed by atoms with Crippen LogP contribution in [-0.4, -0.2) is 129 Å². The van der Waals surface area contributed by atoms with Crippen LogP contribution in [0.25, 0.3) is 5.69 Å². The number of nitrogens with zero attached hydrogens (tertiary/aromatic N) is 5. The number of esters is 1. The molecule has 266 valence electrons. The molecular weight excluding hydrogens is 640 g/mol. The number of piperazine rings is 1. The maximum absolute atomic E-state index is 13.7. The second kappa shape index (κ2) is 16.3. The topological polar surface area (TPSA) is 190 Å². The second-order valence-corrected chi connectivity index (χ2v) is 12.6. The molecule has 4 rings (SSSR count). The summed E-state index contributed by atoms with van der Waals surface area (Å²) in [5.41, 5.74) is -0.349. The molecule has 3 heterocycles. The molecule has 1 aromatic heterocycles. The Labute approximate surface area is 284 Å². The van der Waals surface area contributed by atoms with E-state index in [1.807, 2.05) is 0 Å². The van der Waals surface area contributed by atoms with E-state index < -0.39 is 60.0 Å². The number of hydrogen-bond donors (Lipinski definition) is 2. The number of benzene rings is 1. The van der Waals surface area contributed by atoms with Crippen LogP contribution in [0, 0.1) is 0 Å². The van der Waals surface area contributed by atoms with Gasteiger partial charge < -0.3 is 39.3 Å². The van der Waals surface area contributed by atoms with Gasteiger partial charge in [-0.3, -0.25) is 19.2 Å². The minimum Gasteiger partial charge on any atom is -0.480 e. The number of carboxylic acids is 1. The third-order valence-electron chi connectivity index (χ3n) is 7.89. The van der Waals surface area contributed by atoms with Crippen LogP contribution < -0.4 is 10.1 Å². The molecule has 2 atom stereocenters. The van der Waals surface area contributed by atoms with Crippen molar-refractivity contribution in [3.63, 3.8) is 0 Å². The first-order valence-corrected chi connectivity index (χ1v) is 16.3. The van der Waals surface area contributed by atoms with Gasteiger partial charge in [0.05, 0.1) is 12.3 Å². The Morgan fingerprint density at radius 3 is 2.31 bits per heavy atom. The van der Waals surface area contributed by atoms with Crippen molar-refractivity contribution in [2.75, 3.05) is 45.9 Å². The van der Waals surface area contributed by atoms with Gasteiger partial charge in [-0.05, 0) is 59.1 Å². The molecule has 49 heavy (non-hydrogen) atoms. The molecule has 2 N–H and O–H groups in total. The third kappa shape index (κ3) is 9.93. The number of aromatic nitrogens is 2. The lowest BCUT2D eigenvalue weighted by atomic mass is 10.1. The van der Waals surface area contributed by atoms with E-state index in [2.05, 4.69) is 10.4 Å². The van der Waals surface area contributed by atoms with E-state index in [1.165, 1.54) is 25.4 Å². The van der Waals surface area contributed by atoms with Gasteiger partial charge in [-0.1, -0.05) is 18.2 Å². The van der Waals surface area contributed by atoms with Crippen LogP contribution in [0.15, 0.2) is 36.4 Å². The molecule has 16 nitrogen and oxygen atoms in total. The molecule has 2 unspecified atom stereocenters. The molecule has 2 aliphatic rings. The van der Waals surface area contributed by atoms with Crippen molar-refractivity contribution in [3.8, 4) is 11.6 Å². The second-order valence-electron chi connectivity index (χ2n) is 12.6. The summed E-state index contributed by atoms with van der Waals surface area (Å²) in [6.07, 6.45) is 0.223. The van der Waals surface area contributed by atoms with Gasteiger partial charge in [0.1, 0.15) is 17.7 Å². The zero-order valence-corrected chi connectivity index (χ0v) is 28.3. The fourth-order valence-corrected chi connectivity index (χ4v) is 5.56. The van der Waals surface area contributed by atoms with Gasteiger partial charge in [0, 0.05) is 45.2 Å². The minimum atomic E-state index is -1.13. The molecule has 0 bridgehead atoms. The largest absolute Gasteiger partial charge is 0.480 e. The Hall–Kier alpha value is -5.15. The summed E-state index contributed by atoms with van der Waals surface area (Å²) >= 11 is 0. The number of hydrogen-bond acceptors (Lipinski definition) is 10. The van der Waals surface area contributed by atoms with Crippen LogP contribution >= 0.6 is 0 Å². The van der Waals surface area contributed by atoms with Gasteiger partial charge in [0.15, 0.2) is 12.3 Å². The SMILES string of the molecule is CCOC(=O)N1CCN(C(=O)C(CCC(=O)OC(C)(C)C)NC(=O)c2cc(OCC(=O)N3CCCC3C(=O)O)n(-c3ccccc3)n2)CC1. The number of amides is 4. The van der Waals surface area contributed by atoms with E-state index in [-0.39, 0.29) is 57.2 Å². The molecular formula is C33H44N6O10. The first kappa shape index (κ1) is 36.7.